The van der Waals surface area contributed by atoms with Crippen LogP contribution < -0.4 is 0 Å². The SMILES string of the molecule is C=CC1(C(=O)C(C)(C)C)CC1. The summed E-state index contributed by atoms with van der Waals surface area (Å²) in [6.07, 6.45) is 3.83. The fourth-order valence-electron chi connectivity index (χ4n) is 1.41. The average Bonchev–Trinajstić information content (AvgIpc) is 2.64. The smallest absolute Gasteiger partial charge is 0.148 e. The van der Waals surface area contributed by atoms with Crippen molar-refractivity contribution in [1.29, 1.82) is 0 Å². The van der Waals surface area contributed by atoms with Crippen LogP contribution in [-0.2, 0) is 4.79 Å². The van der Waals surface area contributed by atoms with Crippen LogP contribution in [0, 0.1) is 10.8 Å². The number of carbonyl (C=O) groups excluding carboxylic acids is 1. The van der Waals surface area contributed by atoms with E-state index in [1.165, 1.54) is 0 Å². The van der Waals surface area contributed by atoms with E-state index in [2.05, 4.69) is 6.58 Å². The molecular weight excluding hydrogens is 136 g/mol. The van der Waals surface area contributed by atoms with Gasteiger partial charge in [0.15, 0.2) is 0 Å². The largest absolute Gasteiger partial charge is 0.298 e. The van der Waals surface area contributed by atoms with Crippen molar-refractivity contribution in [3.05, 3.63) is 12.7 Å². The van der Waals surface area contributed by atoms with E-state index in [1.54, 1.807) is 0 Å². The third kappa shape index (κ3) is 1.37. The van der Waals surface area contributed by atoms with Gasteiger partial charge in [0.05, 0.1) is 0 Å². The summed E-state index contributed by atoms with van der Waals surface area (Å²) >= 11 is 0. The molecule has 0 amide bonds. The quantitative estimate of drug-likeness (QED) is 0.556. The van der Waals surface area contributed by atoms with Gasteiger partial charge in [0, 0.05) is 10.8 Å². The number of ketones is 1. The Morgan fingerprint density at radius 3 is 2.00 bits per heavy atom. The van der Waals surface area contributed by atoms with Gasteiger partial charge in [-0.3, -0.25) is 4.79 Å². The maximum atomic E-state index is 11.7. The van der Waals surface area contributed by atoms with Gasteiger partial charge in [-0.2, -0.15) is 0 Å². The summed E-state index contributed by atoms with van der Waals surface area (Å²) in [7, 11) is 0. The van der Waals surface area contributed by atoms with Crippen LogP contribution in [-0.4, -0.2) is 5.78 Å². The Bertz CT molecular complexity index is 191. The second-order valence-electron chi connectivity index (χ2n) is 4.44. The number of hydrogen-bond acceptors (Lipinski definition) is 1. The zero-order valence-corrected chi connectivity index (χ0v) is 7.61. The third-order valence-corrected chi connectivity index (χ3v) is 2.31. The third-order valence-electron chi connectivity index (χ3n) is 2.31. The molecule has 0 radical (unpaired) electrons. The zero-order chi connectivity index (χ0) is 8.70. The molecule has 0 unspecified atom stereocenters. The molecule has 0 N–H and O–H groups in total. The molecule has 1 heteroatoms. The number of allylic oxidation sites excluding steroid dienone is 1. The van der Waals surface area contributed by atoms with Gasteiger partial charge in [-0.15, -0.1) is 6.58 Å². The minimum absolute atomic E-state index is 0.141. The molecule has 0 spiro atoms. The van der Waals surface area contributed by atoms with E-state index in [0.29, 0.717) is 5.78 Å². The molecule has 0 aliphatic heterocycles. The average molecular weight is 152 g/mol. The van der Waals surface area contributed by atoms with Crippen molar-refractivity contribution in [3.8, 4) is 0 Å². The lowest BCUT2D eigenvalue weighted by molar-refractivity contribution is -0.130. The predicted octanol–water partition coefficient (Wildman–Crippen LogP) is 2.57. The summed E-state index contributed by atoms with van der Waals surface area (Å²) in [5.74, 6) is 0.347. The van der Waals surface area contributed by atoms with Crippen LogP contribution in [0.15, 0.2) is 12.7 Å². The highest BCUT2D eigenvalue weighted by Gasteiger charge is 2.50. The van der Waals surface area contributed by atoms with Crippen LogP contribution in [0.1, 0.15) is 33.6 Å². The Morgan fingerprint density at radius 1 is 1.45 bits per heavy atom. The first-order chi connectivity index (χ1) is 4.92. The highest BCUT2D eigenvalue weighted by atomic mass is 16.1. The predicted molar refractivity (Wildman–Crippen MR) is 46.3 cm³/mol. The van der Waals surface area contributed by atoms with Crippen molar-refractivity contribution in [3.63, 3.8) is 0 Å². The van der Waals surface area contributed by atoms with Gasteiger partial charge in [0.25, 0.3) is 0 Å². The number of hydrogen-bond donors (Lipinski definition) is 0. The van der Waals surface area contributed by atoms with Gasteiger partial charge >= 0.3 is 0 Å². The summed E-state index contributed by atoms with van der Waals surface area (Å²) in [5.41, 5.74) is -0.344. The van der Waals surface area contributed by atoms with Crippen molar-refractivity contribution in [1.82, 2.24) is 0 Å². The lowest BCUT2D eigenvalue weighted by Crippen LogP contribution is -2.28. The maximum Gasteiger partial charge on any atom is 0.148 e. The lowest BCUT2D eigenvalue weighted by Gasteiger charge is -2.21. The minimum atomic E-state index is -0.204. The highest BCUT2D eigenvalue weighted by molar-refractivity contribution is 5.93. The summed E-state index contributed by atoms with van der Waals surface area (Å²) < 4.78 is 0. The van der Waals surface area contributed by atoms with E-state index in [1.807, 2.05) is 26.8 Å². The first-order valence-corrected chi connectivity index (χ1v) is 4.11. The maximum absolute atomic E-state index is 11.7. The fraction of sp³-hybridized carbons (Fsp3) is 0.700. The van der Waals surface area contributed by atoms with Crippen molar-refractivity contribution in [2.75, 3.05) is 0 Å². The van der Waals surface area contributed by atoms with Crippen molar-refractivity contribution < 1.29 is 4.79 Å². The Morgan fingerprint density at radius 2 is 1.91 bits per heavy atom. The van der Waals surface area contributed by atoms with Crippen LogP contribution in [0.5, 0.6) is 0 Å². The Hall–Kier alpha value is -0.590. The van der Waals surface area contributed by atoms with Crippen LogP contribution in [0.4, 0.5) is 0 Å². The molecular formula is C10H16O. The summed E-state index contributed by atoms with van der Waals surface area (Å²) in [5, 5.41) is 0. The molecule has 1 aliphatic carbocycles. The van der Waals surface area contributed by atoms with Crippen molar-refractivity contribution in [2.24, 2.45) is 10.8 Å². The number of Topliss-reactive ketones (excluding diaryl/α,β-unsaturated/α-hetero) is 1. The zero-order valence-electron chi connectivity index (χ0n) is 7.61. The van der Waals surface area contributed by atoms with Crippen LogP contribution in [0.2, 0.25) is 0 Å². The Kier molecular flexibility index (Phi) is 1.70. The van der Waals surface area contributed by atoms with E-state index in [9.17, 15) is 4.79 Å². The number of carbonyl (C=O) groups is 1. The molecule has 1 saturated carbocycles. The van der Waals surface area contributed by atoms with Gasteiger partial charge < -0.3 is 0 Å². The number of rotatable bonds is 2. The first kappa shape index (κ1) is 8.51. The molecule has 0 aromatic heterocycles. The molecule has 11 heavy (non-hydrogen) atoms. The van der Waals surface area contributed by atoms with Crippen LogP contribution in [0.25, 0.3) is 0 Å². The molecule has 0 heterocycles. The molecule has 0 bridgehead atoms. The molecule has 0 aromatic rings. The van der Waals surface area contributed by atoms with Gasteiger partial charge in [-0.25, -0.2) is 0 Å². The van der Waals surface area contributed by atoms with E-state index in [0.717, 1.165) is 12.8 Å². The molecule has 0 atom stereocenters. The normalized spacial score (nSPS) is 21.0. The second kappa shape index (κ2) is 2.20. The van der Waals surface area contributed by atoms with Gasteiger partial charge in [0.2, 0.25) is 0 Å². The van der Waals surface area contributed by atoms with Crippen LogP contribution in [0.3, 0.4) is 0 Å². The Balaban J connectivity index is 2.77. The monoisotopic (exact) mass is 152 g/mol. The van der Waals surface area contributed by atoms with E-state index < -0.39 is 0 Å². The summed E-state index contributed by atoms with van der Waals surface area (Å²) in [6.45, 7) is 9.62. The lowest BCUT2D eigenvalue weighted by atomic mass is 9.81. The molecule has 1 rings (SSSR count). The highest BCUT2D eigenvalue weighted by Crippen LogP contribution is 2.51. The summed E-state index contributed by atoms with van der Waals surface area (Å²) in [6, 6.07) is 0. The van der Waals surface area contributed by atoms with Gasteiger partial charge in [0.1, 0.15) is 5.78 Å². The first-order valence-electron chi connectivity index (χ1n) is 4.11. The topological polar surface area (TPSA) is 17.1 Å². The van der Waals surface area contributed by atoms with Crippen molar-refractivity contribution in [2.45, 2.75) is 33.6 Å². The molecule has 1 nitrogen and oxygen atoms in total. The van der Waals surface area contributed by atoms with E-state index in [-0.39, 0.29) is 10.8 Å². The Labute approximate surface area is 68.5 Å². The van der Waals surface area contributed by atoms with E-state index in [4.69, 9.17) is 0 Å². The molecule has 1 aliphatic rings. The fourth-order valence-corrected chi connectivity index (χ4v) is 1.41. The van der Waals surface area contributed by atoms with Gasteiger partial charge in [-0.05, 0) is 12.8 Å². The van der Waals surface area contributed by atoms with Gasteiger partial charge in [-0.1, -0.05) is 26.8 Å². The van der Waals surface area contributed by atoms with Crippen molar-refractivity contribution >= 4 is 5.78 Å². The minimum Gasteiger partial charge on any atom is -0.298 e. The standard InChI is InChI=1S/C10H16O/c1-5-10(6-7-10)8(11)9(2,3)4/h5H,1,6-7H2,2-4H3. The molecule has 62 valence electrons. The second-order valence-corrected chi connectivity index (χ2v) is 4.44. The van der Waals surface area contributed by atoms with E-state index >= 15 is 0 Å². The summed E-state index contributed by atoms with van der Waals surface area (Å²) in [4.78, 5) is 11.7. The molecule has 1 fully saturated rings. The molecule has 0 aromatic carbocycles. The van der Waals surface area contributed by atoms with Crippen LogP contribution >= 0.6 is 0 Å². The molecule has 0 saturated heterocycles.